The topological polar surface area (TPSA) is 54.4 Å². The van der Waals surface area contributed by atoms with Crippen LogP contribution in [0.5, 0.6) is 11.6 Å². The summed E-state index contributed by atoms with van der Waals surface area (Å²) in [5.41, 5.74) is 0.654. The molecule has 0 fully saturated rings. The average Bonchev–Trinajstić information content (AvgIpc) is 2.42. The van der Waals surface area contributed by atoms with Gasteiger partial charge in [-0.15, -0.1) is 0 Å². The summed E-state index contributed by atoms with van der Waals surface area (Å²) in [7, 11) is 1.70. The first kappa shape index (κ1) is 13.9. The molecule has 4 nitrogen and oxygen atoms in total. The highest BCUT2D eigenvalue weighted by molar-refractivity contribution is 6.36. The highest BCUT2D eigenvalue weighted by Gasteiger charge is 2.12. The lowest BCUT2D eigenvalue weighted by Gasteiger charge is -2.12. The average molecular weight is 299 g/mol. The summed E-state index contributed by atoms with van der Waals surface area (Å²) in [6, 6.07) is 8.67. The van der Waals surface area contributed by atoms with Crippen LogP contribution in [-0.2, 0) is 6.61 Å². The van der Waals surface area contributed by atoms with Gasteiger partial charge in [0.1, 0.15) is 16.6 Å². The molecule has 0 radical (unpaired) electrons. The van der Waals surface area contributed by atoms with E-state index >= 15 is 0 Å². The van der Waals surface area contributed by atoms with Crippen LogP contribution >= 0.6 is 23.2 Å². The largest absolute Gasteiger partial charge is 0.437 e. The van der Waals surface area contributed by atoms with Gasteiger partial charge in [-0.1, -0.05) is 41.4 Å². The van der Waals surface area contributed by atoms with Crippen molar-refractivity contribution in [1.29, 1.82) is 0 Å². The first-order valence-corrected chi connectivity index (χ1v) is 6.31. The van der Waals surface area contributed by atoms with Crippen LogP contribution in [0.3, 0.4) is 0 Å². The van der Waals surface area contributed by atoms with E-state index in [-0.39, 0.29) is 12.5 Å². The third-order valence-electron chi connectivity index (χ3n) is 2.48. The van der Waals surface area contributed by atoms with Crippen LogP contribution < -0.4 is 10.1 Å². The molecule has 1 aromatic heterocycles. The molecule has 0 spiro atoms. The van der Waals surface area contributed by atoms with Crippen LogP contribution in [0.25, 0.3) is 0 Å². The number of hydrogen-bond donors (Lipinski definition) is 2. The molecule has 0 unspecified atom stereocenters. The predicted octanol–water partition coefficient (Wildman–Crippen LogP) is 3.71. The van der Waals surface area contributed by atoms with Gasteiger partial charge in [0.05, 0.1) is 11.6 Å². The molecule has 0 saturated heterocycles. The van der Waals surface area contributed by atoms with Gasteiger partial charge in [-0.05, 0) is 12.1 Å². The Morgan fingerprint density at radius 1 is 1.26 bits per heavy atom. The molecular formula is C13H12Cl2N2O2. The third-order valence-corrected chi connectivity index (χ3v) is 3.04. The summed E-state index contributed by atoms with van der Waals surface area (Å²) < 4.78 is 5.63. The number of anilines is 1. The van der Waals surface area contributed by atoms with Gasteiger partial charge in [-0.3, -0.25) is 0 Å². The van der Waals surface area contributed by atoms with Gasteiger partial charge in [0.2, 0.25) is 5.88 Å². The zero-order valence-corrected chi connectivity index (χ0v) is 11.7. The molecule has 0 saturated carbocycles. The molecule has 0 bridgehead atoms. The summed E-state index contributed by atoms with van der Waals surface area (Å²) in [6.45, 7) is -0.125. The van der Waals surface area contributed by atoms with Crippen molar-refractivity contribution in [2.45, 2.75) is 6.61 Å². The number of rotatable bonds is 4. The van der Waals surface area contributed by atoms with Crippen LogP contribution in [0.1, 0.15) is 5.56 Å². The Labute approximate surface area is 121 Å². The number of aromatic nitrogens is 1. The molecule has 19 heavy (non-hydrogen) atoms. The van der Waals surface area contributed by atoms with Crippen molar-refractivity contribution < 1.29 is 9.84 Å². The van der Waals surface area contributed by atoms with E-state index in [1.807, 2.05) is 6.07 Å². The smallest absolute Gasteiger partial charge is 0.240 e. The van der Waals surface area contributed by atoms with Crippen molar-refractivity contribution in [3.63, 3.8) is 0 Å². The van der Waals surface area contributed by atoms with Gasteiger partial charge in [-0.25, -0.2) is 0 Å². The minimum absolute atomic E-state index is 0.125. The maximum Gasteiger partial charge on any atom is 0.240 e. The summed E-state index contributed by atoms with van der Waals surface area (Å²) in [6.07, 6.45) is 0. The first-order valence-electron chi connectivity index (χ1n) is 5.56. The highest BCUT2D eigenvalue weighted by atomic mass is 35.5. The lowest BCUT2D eigenvalue weighted by atomic mass is 10.2. The zero-order valence-electron chi connectivity index (χ0n) is 10.2. The number of hydrogen-bond acceptors (Lipinski definition) is 4. The van der Waals surface area contributed by atoms with E-state index in [0.717, 1.165) is 0 Å². The molecule has 0 aliphatic carbocycles. The molecule has 2 aromatic rings. The van der Waals surface area contributed by atoms with Crippen molar-refractivity contribution in [2.24, 2.45) is 0 Å². The van der Waals surface area contributed by atoms with Crippen LogP contribution in [0.2, 0.25) is 10.0 Å². The second-order valence-corrected chi connectivity index (χ2v) is 4.54. The molecule has 2 rings (SSSR count). The number of ether oxygens (including phenoxy) is 1. The van der Waals surface area contributed by atoms with Gasteiger partial charge in [-0.2, -0.15) is 4.98 Å². The minimum atomic E-state index is -0.125. The highest BCUT2D eigenvalue weighted by Crippen LogP contribution is 2.34. The van der Waals surface area contributed by atoms with Crippen molar-refractivity contribution in [2.75, 3.05) is 12.4 Å². The van der Waals surface area contributed by atoms with Crippen molar-refractivity contribution in [1.82, 2.24) is 4.98 Å². The molecule has 0 aliphatic heterocycles. The molecule has 2 N–H and O–H groups in total. The number of pyridine rings is 1. The molecule has 100 valence electrons. The Morgan fingerprint density at radius 2 is 2.00 bits per heavy atom. The normalized spacial score (nSPS) is 10.3. The lowest BCUT2D eigenvalue weighted by molar-refractivity contribution is 0.276. The number of benzene rings is 1. The number of halogens is 2. The van der Waals surface area contributed by atoms with E-state index in [9.17, 15) is 5.11 Å². The van der Waals surface area contributed by atoms with Crippen molar-refractivity contribution >= 4 is 29.0 Å². The Hall–Kier alpha value is -1.49. The van der Waals surface area contributed by atoms with Gasteiger partial charge < -0.3 is 15.2 Å². The molecule has 0 atom stereocenters. The molecule has 6 heteroatoms. The maximum absolute atomic E-state index is 9.24. The van der Waals surface area contributed by atoms with Gasteiger partial charge in [0.15, 0.2) is 0 Å². The lowest BCUT2D eigenvalue weighted by Crippen LogP contribution is -1.98. The van der Waals surface area contributed by atoms with Crippen LogP contribution in [-0.4, -0.2) is 17.1 Å². The molecule has 1 aromatic carbocycles. The second-order valence-electron chi connectivity index (χ2n) is 3.72. The summed E-state index contributed by atoms with van der Waals surface area (Å²) in [4.78, 5) is 4.18. The Morgan fingerprint density at radius 3 is 2.68 bits per heavy atom. The number of aliphatic hydroxyl groups is 1. The van der Waals surface area contributed by atoms with E-state index in [0.29, 0.717) is 27.2 Å². The third kappa shape index (κ3) is 3.10. The van der Waals surface area contributed by atoms with Crippen LogP contribution in [0.15, 0.2) is 30.3 Å². The monoisotopic (exact) mass is 298 g/mol. The fourth-order valence-corrected chi connectivity index (χ4v) is 2.03. The summed E-state index contributed by atoms with van der Waals surface area (Å²) >= 11 is 12.0. The predicted molar refractivity (Wildman–Crippen MR) is 76.2 cm³/mol. The number of nitrogens with one attached hydrogen (secondary N) is 1. The van der Waals surface area contributed by atoms with Crippen LogP contribution in [0.4, 0.5) is 5.82 Å². The fraction of sp³-hybridized carbons (Fsp3) is 0.154. The van der Waals surface area contributed by atoms with Crippen molar-refractivity contribution in [3.8, 4) is 11.6 Å². The quantitative estimate of drug-likeness (QED) is 0.903. The Balaban J connectivity index is 2.38. The van der Waals surface area contributed by atoms with Gasteiger partial charge >= 0.3 is 0 Å². The van der Waals surface area contributed by atoms with E-state index in [1.165, 1.54) is 0 Å². The Kier molecular flexibility index (Phi) is 4.47. The van der Waals surface area contributed by atoms with E-state index < -0.39 is 0 Å². The van der Waals surface area contributed by atoms with E-state index in [2.05, 4.69) is 10.3 Å². The van der Waals surface area contributed by atoms with Crippen LogP contribution in [0, 0.1) is 0 Å². The standard InChI is InChI=1S/C13H12Cl2N2O2/c1-16-12-9(14)6-10(15)13(17-12)19-11-5-3-2-4-8(11)7-18/h2-6,18H,7H2,1H3,(H,16,17). The fourth-order valence-electron chi connectivity index (χ4n) is 1.53. The minimum Gasteiger partial charge on any atom is -0.437 e. The molecule has 0 aliphatic rings. The second kappa shape index (κ2) is 6.10. The van der Waals surface area contributed by atoms with E-state index in [4.69, 9.17) is 27.9 Å². The summed E-state index contributed by atoms with van der Waals surface area (Å²) in [5.74, 6) is 1.21. The Bertz CT molecular complexity index is 591. The SMILES string of the molecule is CNc1nc(Oc2ccccc2CO)c(Cl)cc1Cl. The first-order chi connectivity index (χ1) is 9.15. The number of aliphatic hydroxyl groups excluding tert-OH is 1. The van der Waals surface area contributed by atoms with E-state index in [1.54, 1.807) is 31.3 Å². The van der Waals surface area contributed by atoms with Crippen molar-refractivity contribution in [3.05, 3.63) is 45.9 Å². The van der Waals surface area contributed by atoms with Gasteiger partial charge in [0.25, 0.3) is 0 Å². The molecule has 1 heterocycles. The summed E-state index contributed by atoms with van der Waals surface area (Å²) in [5, 5.41) is 12.8. The number of para-hydroxylation sites is 1. The number of nitrogens with zero attached hydrogens (tertiary/aromatic N) is 1. The molecule has 0 amide bonds. The zero-order chi connectivity index (χ0) is 13.8. The van der Waals surface area contributed by atoms with Gasteiger partial charge in [0, 0.05) is 12.6 Å². The maximum atomic E-state index is 9.24. The molecular weight excluding hydrogens is 287 g/mol.